The van der Waals surface area contributed by atoms with Gasteiger partial charge in [0.1, 0.15) is 5.75 Å². The Kier molecular flexibility index (Phi) is 2.32. The first-order chi connectivity index (χ1) is 5.72. The van der Waals surface area contributed by atoms with E-state index in [2.05, 4.69) is 9.95 Å². The molecule has 0 fully saturated rings. The third kappa shape index (κ3) is 2.01. The number of hydrogen-bond acceptors (Lipinski definition) is 5. The molecule has 62 valence electrons. The topological polar surface area (TPSA) is 88.6 Å². The molecule has 6 nitrogen and oxygen atoms in total. The van der Waals surface area contributed by atoms with Crippen molar-refractivity contribution in [2.75, 3.05) is 0 Å². The van der Waals surface area contributed by atoms with E-state index in [1.165, 1.54) is 24.3 Å². The minimum atomic E-state index is -0.896. The quantitative estimate of drug-likeness (QED) is 0.423. The fraction of sp³-hybridized carbons (Fsp3) is 0. The van der Waals surface area contributed by atoms with Crippen LogP contribution in [0.2, 0.25) is 0 Å². The zero-order valence-electron chi connectivity index (χ0n) is 5.93. The van der Waals surface area contributed by atoms with Gasteiger partial charge in [0.2, 0.25) is 0 Å². The number of benzene rings is 1. The summed E-state index contributed by atoms with van der Waals surface area (Å²) in [6, 6.07) is 5.64. The normalized spacial score (nSPS) is 9.00. The van der Waals surface area contributed by atoms with E-state index in [4.69, 9.17) is 5.53 Å². The van der Waals surface area contributed by atoms with Crippen LogP contribution in [0.3, 0.4) is 0 Å². The zero-order chi connectivity index (χ0) is 8.97. The number of hydrogen-bond donors (Lipinski definition) is 1. The summed E-state index contributed by atoms with van der Waals surface area (Å²) in [7, 11) is 0. The van der Waals surface area contributed by atoms with Crippen LogP contribution in [0.15, 0.2) is 29.4 Å². The van der Waals surface area contributed by atoms with Crippen molar-refractivity contribution in [3.8, 4) is 5.75 Å². The molecular weight excluding hydrogens is 162 g/mol. The summed E-state index contributed by atoms with van der Waals surface area (Å²) in [5.74, 6) is 0.118. The van der Waals surface area contributed by atoms with Crippen LogP contribution < -0.4 is 4.84 Å². The van der Waals surface area contributed by atoms with Gasteiger partial charge in [-0.05, 0) is 24.3 Å². The molecule has 1 N–H and O–H groups in total. The Balaban J connectivity index is 2.77. The molecule has 0 unspecified atom stereocenters. The van der Waals surface area contributed by atoms with E-state index >= 15 is 0 Å². The highest BCUT2D eigenvalue weighted by molar-refractivity contribution is 5.39. The third-order valence-corrected chi connectivity index (χ3v) is 1.15. The van der Waals surface area contributed by atoms with Crippen LogP contribution in [0, 0.1) is 15.6 Å². The van der Waals surface area contributed by atoms with Gasteiger partial charge in [0.25, 0.3) is 5.09 Å². The largest absolute Gasteiger partial charge is 0.299 e. The fourth-order valence-corrected chi connectivity index (χ4v) is 0.668. The van der Waals surface area contributed by atoms with E-state index in [0.29, 0.717) is 5.69 Å². The van der Waals surface area contributed by atoms with Crippen LogP contribution in [-0.4, -0.2) is 5.09 Å². The van der Waals surface area contributed by atoms with E-state index < -0.39 is 5.09 Å². The van der Waals surface area contributed by atoms with Crippen LogP contribution in [0.5, 0.6) is 5.75 Å². The maximum Gasteiger partial charge on any atom is 0.299 e. The van der Waals surface area contributed by atoms with E-state index in [1.807, 2.05) is 0 Å². The Morgan fingerprint density at radius 2 is 2.00 bits per heavy atom. The smallest absolute Gasteiger partial charge is 0.276 e. The summed E-state index contributed by atoms with van der Waals surface area (Å²) in [6.07, 6.45) is 0. The Morgan fingerprint density at radius 3 is 2.42 bits per heavy atom. The second-order valence-electron chi connectivity index (χ2n) is 1.92. The number of rotatable bonds is 3. The summed E-state index contributed by atoms with van der Waals surface area (Å²) >= 11 is 0. The Labute approximate surface area is 67.4 Å². The molecule has 1 aromatic carbocycles. The fourth-order valence-electron chi connectivity index (χ4n) is 0.668. The molecule has 0 aromatic heterocycles. The molecule has 0 aliphatic rings. The molecule has 0 spiro atoms. The standard InChI is InChI=1S/C6H5N3O3/c7-8-5-1-3-6(4-2-5)12-9(10)11/h1-4,7H. The summed E-state index contributed by atoms with van der Waals surface area (Å²) in [5.41, 5.74) is 7.03. The first kappa shape index (κ1) is 8.12. The van der Waals surface area contributed by atoms with Gasteiger partial charge in [-0.15, -0.1) is 10.1 Å². The molecule has 1 rings (SSSR count). The Bertz CT molecular complexity index is 295. The van der Waals surface area contributed by atoms with Gasteiger partial charge >= 0.3 is 0 Å². The van der Waals surface area contributed by atoms with Gasteiger partial charge < -0.3 is 0 Å². The van der Waals surface area contributed by atoms with Gasteiger partial charge in [-0.2, -0.15) is 5.11 Å². The van der Waals surface area contributed by atoms with Crippen molar-refractivity contribution < 1.29 is 9.92 Å². The van der Waals surface area contributed by atoms with Crippen molar-refractivity contribution in [2.24, 2.45) is 5.11 Å². The minimum absolute atomic E-state index is 0.118. The number of nitrogens with zero attached hydrogens (tertiary/aromatic N) is 2. The highest BCUT2D eigenvalue weighted by Crippen LogP contribution is 2.17. The maximum atomic E-state index is 9.85. The molecule has 1 aromatic rings. The lowest BCUT2D eigenvalue weighted by molar-refractivity contribution is -0.711. The van der Waals surface area contributed by atoms with Gasteiger partial charge in [0.15, 0.2) is 0 Å². The van der Waals surface area contributed by atoms with E-state index in [-0.39, 0.29) is 5.75 Å². The monoisotopic (exact) mass is 167 g/mol. The molecule has 0 aliphatic heterocycles. The molecule has 0 heterocycles. The molecule has 0 saturated heterocycles. The van der Waals surface area contributed by atoms with Crippen LogP contribution >= 0.6 is 0 Å². The lowest BCUT2D eigenvalue weighted by Gasteiger charge is -1.96. The molecule has 0 radical (unpaired) electrons. The van der Waals surface area contributed by atoms with Crippen LogP contribution in [0.1, 0.15) is 0 Å². The second-order valence-corrected chi connectivity index (χ2v) is 1.92. The van der Waals surface area contributed by atoms with Gasteiger partial charge in [-0.3, -0.25) is 4.84 Å². The van der Waals surface area contributed by atoms with E-state index in [1.54, 1.807) is 0 Å². The van der Waals surface area contributed by atoms with Crippen LogP contribution in [0.4, 0.5) is 5.69 Å². The highest BCUT2D eigenvalue weighted by atomic mass is 17.0. The lowest BCUT2D eigenvalue weighted by Crippen LogP contribution is -2.02. The first-order valence-electron chi connectivity index (χ1n) is 3.02. The Hall–Kier alpha value is -1.98. The molecular formula is C6H5N3O3. The minimum Gasteiger partial charge on any atom is -0.276 e. The SMILES string of the molecule is N=Nc1ccc(O[N+](=O)[O-])cc1. The highest BCUT2D eigenvalue weighted by Gasteiger charge is 1.97. The van der Waals surface area contributed by atoms with E-state index in [0.717, 1.165) is 0 Å². The maximum absolute atomic E-state index is 9.85. The summed E-state index contributed by atoms with van der Waals surface area (Å²) in [4.78, 5) is 14.0. The molecule has 0 atom stereocenters. The summed E-state index contributed by atoms with van der Waals surface area (Å²) in [5, 5.41) is 12.1. The molecule has 0 aliphatic carbocycles. The van der Waals surface area contributed by atoms with Crippen molar-refractivity contribution >= 4 is 5.69 Å². The van der Waals surface area contributed by atoms with Crippen molar-refractivity contribution in [1.29, 1.82) is 5.53 Å². The van der Waals surface area contributed by atoms with Gasteiger partial charge in [0, 0.05) is 0 Å². The van der Waals surface area contributed by atoms with Crippen molar-refractivity contribution in [2.45, 2.75) is 0 Å². The van der Waals surface area contributed by atoms with Crippen LogP contribution in [0.25, 0.3) is 0 Å². The molecule has 12 heavy (non-hydrogen) atoms. The lowest BCUT2D eigenvalue weighted by atomic mass is 10.3. The second kappa shape index (κ2) is 3.42. The molecule has 6 heteroatoms. The molecule has 0 bridgehead atoms. The van der Waals surface area contributed by atoms with Gasteiger partial charge in [-0.1, -0.05) is 0 Å². The Morgan fingerprint density at radius 1 is 1.42 bits per heavy atom. The summed E-state index contributed by atoms with van der Waals surface area (Å²) < 4.78 is 0. The van der Waals surface area contributed by atoms with Crippen molar-refractivity contribution in [3.05, 3.63) is 34.4 Å². The van der Waals surface area contributed by atoms with Crippen molar-refractivity contribution in [1.82, 2.24) is 0 Å². The first-order valence-corrected chi connectivity index (χ1v) is 3.02. The molecule has 0 amide bonds. The average molecular weight is 167 g/mol. The average Bonchev–Trinajstić information content (AvgIpc) is 2.05. The zero-order valence-corrected chi connectivity index (χ0v) is 5.93. The number of nitrogens with one attached hydrogen (secondary N) is 1. The predicted octanol–water partition coefficient (Wildman–Crippen LogP) is 1.92. The van der Waals surface area contributed by atoms with Crippen LogP contribution in [-0.2, 0) is 0 Å². The summed E-state index contributed by atoms with van der Waals surface area (Å²) in [6.45, 7) is 0. The van der Waals surface area contributed by atoms with Gasteiger partial charge in [-0.25, -0.2) is 5.53 Å². The van der Waals surface area contributed by atoms with Gasteiger partial charge in [0.05, 0.1) is 5.69 Å². The predicted molar refractivity (Wildman–Crippen MR) is 38.9 cm³/mol. The third-order valence-electron chi connectivity index (χ3n) is 1.15. The van der Waals surface area contributed by atoms with E-state index in [9.17, 15) is 10.1 Å². The molecule has 0 saturated carbocycles. The van der Waals surface area contributed by atoms with Crippen molar-refractivity contribution in [3.63, 3.8) is 0 Å².